The predicted octanol–water partition coefficient (Wildman–Crippen LogP) is 2.22. The summed E-state index contributed by atoms with van der Waals surface area (Å²) in [7, 11) is 3.12. The fraction of sp³-hybridized carbons (Fsp3) is 0.500. The zero-order valence-corrected chi connectivity index (χ0v) is 11.6. The second-order valence-electron chi connectivity index (χ2n) is 4.19. The number of methoxy groups -OCH3 is 2. The molecule has 1 rings (SSSR count). The third-order valence-electron chi connectivity index (χ3n) is 2.83. The van der Waals surface area contributed by atoms with Gasteiger partial charge in [0.05, 0.1) is 20.6 Å². The lowest BCUT2D eigenvalue weighted by Gasteiger charge is -2.21. The highest BCUT2D eigenvalue weighted by Crippen LogP contribution is 2.35. The molecule has 0 aliphatic carbocycles. The molecule has 0 radical (unpaired) electrons. The molecule has 0 saturated heterocycles. The van der Waals surface area contributed by atoms with Crippen molar-refractivity contribution in [3.05, 3.63) is 23.8 Å². The van der Waals surface area contributed by atoms with Crippen LogP contribution in [0.4, 0.5) is 0 Å². The Hall–Kier alpha value is -1.75. The average molecular weight is 267 g/mol. The molecule has 0 spiro atoms. The minimum atomic E-state index is -0.849. The van der Waals surface area contributed by atoms with E-state index in [1.165, 1.54) is 0 Å². The van der Waals surface area contributed by atoms with Crippen LogP contribution in [0.2, 0.25) is 0 Å². The fourth-order valence-electron chi connectivity index (χ4n) is 1.97. The molecular formula is C14H21NO4. The zero-order chi connectivity index (χ0) is 14.3. The minimum absolute atomic E-state index is 0.00350. The second-order valence-corrected chi connectivity index (χ2v) is 4.19. The Morgan fingerprint density at radius 1 is 1.37 bits per heavy atom. The van der Waals surface area contributed by atoms with E-state index in [1.807, 2.05) is 19.1 Å². The Balaban J connectivity index is 3.09. The zero-order valence-electron chi connectivity index (χ0n) is 11.6. The summed E-state index contributed by atoms with van der Waals surface area (Å²) in [6.07, 6.45) is 0.936. The third kappa shape index (κ3) is 4.13. The lowest BCUT2D eigenvalue weighted by atomic mass is 10.0. The van der Waals surface area contributed by atoms with Crippen molar-refractivity contribution in [2.75, 3.05) is 20.8 Å². The normalized spacial score (nSPS) is 11.9. The van der Waals surface area contributed by atoms with Gasteiger partial charge in [-0.1, -0.05) is 19.1 Å². The molecule has 19 heavy (non-hydrogen) atoms. The number of hydrogen-bond acceptors (Lipinski definition) is 4. The summed E-state index contributed by atoms with van der Waals surface area (Å²) in [5.41, 5.74) is 0.803. The van der Waals surface area contributed by atoms with E-state index in [0.717, 1.165) is 18.5 Å². The van der Waals surface area contributed by atoms with Crippen LogP contribution in [0, 0.1) is 0 Å². The van der Waals surface area contributed by atoms with Gasteiger partial charge in [-0.3, -0.25) is 4.79 Å². The highest BCUT2D eigenvalue weighted by Gasteiger charge is 2.20. The summed E-state index contributed by atoms with van der Waals surface area (Å²) < 4.78 is 10.6. The standard InChI is InChI=1S/C14H21NO4/c1-4-8-15-11(9-13(16)17)10-6-5-7-12(18-2)14(10)19-3/h5-7,11,15H,4,8-9H2,1-3H3,(H,16,17). The molecule has 0 bridgehead atoms. The highest BCUT2D eigenvalue weighted by atomic mass is 16.5. The van der Waals surface area contributed by atoms with Crippen LogP contribution in [0.1, 0.15) is 31.4 Å². The van der Waals surface area contributed by atoms with E-state index < -0.39 is 5.97 Å². The number of nitrogens with one attached hydrogen (secondary N) is 1. The van der Waals surface area contributed by atoms with E-state index in [0.29, 0.717) is 11.5 Å². The van der Waals surface area contributed by atoms with E-state index in [4.69, 9.17) is 14.6 Å². The molecule has 5 heteroatoms. The molecule has 1 atom stereocenters. The van der Waals surface area contributed by atoms with Crippen molar-refractivity contribution in [1.29, 1.82) is 0 Å². The van der Waals surface area contributed by atoms with Gasteiger partial charge in [0.25, 0.3) is 0 Å². The molecule has 0 aromatic heterocycles. The molecule has 0 saturated carbocycles. The van der Waals surface area contributed by atoms with Gasteiger partial charge in [-0.15, -0.1) is 0 Å². The van der Waals surface area contributed by atoms with Crippen molar-refractivity contribution in [2.45, 2.75) is 25.8 Å². The summed E-state index contributed by atoms with van der Waals surface area (Å²) in [5.74, 6) is 0.340. The Labute approximate surface area is 113 Å². The number of rotatable bonds is 8. The average Bonchev–Trinajstić information content (AvgIpc) is 2.41. The smallest absolute Gasteiger partial charge is 0.305 e. The largest absolute Gasteiger partial charge is 0.493 e. The maximum atomic E-state index is 11.0. The minimum Gasteiger partial charge on any atom is -0.493 e. The highest BCUT2D eigenvalue weighted by molar-refractivity contribution is 5.68. The Bertz CT molecular complexity index is 420. The number of benzene rings is 1. The van der Waals surface area contributed by atoms with Crippen molar-refractivity contribution >= 4 is 5.97 Å². The van der Waals surface area contributed by atoms with Gasteiger partial charge in [-0.05, 0) is 19.0 Å². The van der Waals surface area contributed by atoms with Crippen LogP contribution in [0.15, 0.2) is 18.2 Å². The second kappa shape index (κ2) is 7.63. The van der Waals surface area contributed by atoms with Gasteiger partial charge in [-0.25, -0.2) is 0 Å². The first-order valence-electron chi connectivity index (χ1n) is 6.30. The number of para-hydroxylation sites is 1. The van der Waals surface area contributed by atoms with Crippen LogP contribution < -0.4 is 14.8 Å². The van der Waals surface area contributed by atoms with Gasteiger partial charge >= 0.3 is 5.97 Å². The summed E-state index contributed by atoms with van der Waals surface area (Å²) >= 11 is 0. The molecular weight excluding hydrogens is 246 g/mol. The molecule has 0 aliphatic heterocycles. The number of carboxylic acid groups (broad SMARTS) is 1. The first-order valence-corrected chi connectivity index (χ1v) is 6.30. The molecule has 0 amide bonds. The molecule has 1 aromatic carbocycles. The maximum absolute atomic E-state index is 11.0. The molecule has 5 nitrogen and oxygen atoms in total. The number of aliphatic carboxylic acids is 1. The Morgan fingerprint density at radius 3 is 2.63 bits per heavy atom. The molecule has 2 N–H and O–H groups in total. The quantitative estimate of drug-likeness (QED) is 0.756. The van der Waals surface area contributed by atoms with Crippen molar-refractivity contribution in [3.8, 4) is 11.5 Å². The first kappa shape index (κ1) is 15.3. The van der Waals surface area contributed by atoms with Crippen LogP contribution >= 0.6 is 0 Å². The molecule has 0 aliphatic rings. The lowest BCUT2D eigenvalue weighted by molar-refractivity contribution is -0.137. The topological polar surface area (TPSA) is 67.8 Å². The Kier molecular flexibility index (Phi) is 6.15. The van der Waals surface area contributed by atoms with Gasteiger partial charge in [0, 0.05) is 11.6 Å². The molecule has 0 fully saturated rings. The van der Waals surface area contributed by atoms with E-state index in [9.17, 15) is 4.79 Å². The van der Waals surface area contributed by atoms with E-state index in [-0.39, 0.29) is 12.5 Å². The van der Waals surface area contributed by atoms with Gasteiger partial charge in [0.1, 0.15) is 0 Å². The number of carbonyl (C=O) groups is 1. The monoisotopic (exact) mass is 267 g/mol. The fourth-order valence-corrected chi connectivity index (χ4v) is 1.97. The summed E-state index contributed by atoms with van der Waals surface area (Å²) in [4.78, 5) is 11.0. The number of carboxylic acids is 1. The number of ether oxygens (including phenoxy) is 2. The SMILES string of the molecule is CCCNC(CC(=O)O)c1cccc(OC)c1OC. The number of hydrogen-bond donors (Lipinski definition) is 2. The summed E-state index contributed by atoms with van der Waals surface area (Å²) in [6, 6.07) is 5.19. The molecule has 106 valence electrons. The van der Waals surface area contributed by atoms with Crippen LogP contribution in [0.5, 0.6) is 11.5 Å². The van der Waals surface area contributed by atoms with Gasteiger partial charge in [-0.2, -0.15) is 0 Å². The van der Waals surface area contributed by atoms with Crippen molar-refractivity contribution in [3.63, 3.8) is 0 Å². The maximum Gasteiger partial charge on any atom is 0.305 e. The molecule has 1 aromatic rings. The van der Waals surface area contributed by atoms with Gasteiger partial charge < -0.3 is 19.9 Å². The lowest BCUT2D eigenvalue weighted by Crippen LogP contribution is -2.25. The summed E-state index contributed by atoms with van der Waals surface area (Å²) in [6.45, 7) is 2.78. The first-order chi connectivity index (χ1) is 9.13. The summed E-state index contributed by atoms with van der Waals surface area (Å²) in [5, 5.41) is 12.2. The van der Waals surface area contributed by atoms with E-state index in [2.05, 4.69) is 5.32 Å². The van der Waals surface area contributed by atoms with Gasteiger partial charge in [0.15, 0.2) is 11.5 Å². The van der Waals surface area contributed by atoms with Crippen LogP contribution in [0.3, 0.4) is 0 Å². The molecule has 0 heterocycles. The van der Waals surface area contributed by atoms with E-state index in [1.54, 1.807) is 20.3 Å². The van der Waals surface area contributed by atoms with Crippen LogP contribution in [0.25, 0.3) is 0 Å². The van der Waals surface area contributed by atoms with Crippen LogP contribution in [-0.2, 0) is 4.79 Å². The van der Waals surface area contributed by atoms with E-state index >= 15 is 0 Å². The predicted molar refractivity (Wildman–Crippen MR) is 72.8 cm³/mol. The third-order valence-corrected chi connectivity index (χ3v) is 2.83. The van der Waals surface area contributed by atoms with Crippen LogP contribution in [-0.4, -0.2) is 31.8 Å². The Morgan fingerprint density at radius 2 is 2.11 bits per heavy atom. The molecule has 1 unspecified atom stereocenters. The van der Waals surface area contributed by atoms with Crippen molar-refractivity contribution in [1.82, 2.24) is 5.32 Å². The van der Waals surface area contributed by atoms with Crippen molar-refractivity contribution < 1.29 is 19.4 Å². The van der Waals surface area contributed by atoms with Gasteiger partial charge in [0.2, 0.25) is 0 Å². The van der Waals surface area contributed by atoms with Crippen molar-refractivity contribution in [2.24, 2.45) is 0 Å².